The van der Waals surface area contributed by atoms with Crippen molar-refractivity contribution in [1.29, 1.82) is 0 Å². The molecule has 37 heavy (non-hydrogen) atoms. The van der Waals surface area contributed by atoms with Crippen LogP contribution in [0.2, 0.25) is 0 Å². The van der Waals surface area contributed by atoms with Crippen molar-refractivity contribution >= 4 is 34.4 Å². The number of benzene rings is 1. The number of aromatic nitrogens is 2. The van der Waals surface area contributed by atoms with Crippen LogP contribution in [-0.4, -0.2) is 74.5 Å². The maximum atomic E-state index is 13.6. The lowest BCUT2D eigenvalue weighted by Crippen LogP contribution is -2.52. The average molecular weight is 500 g/mol. The number of hydrogen-bond acceptors (Lipinski definition) is 6. The summed E-state index contributed by atoms with van der Waals surface area (Å²) in [5, 5.41) is 3.77. The van der Waals surface area contributed by atoms with Crippen molar-refractivity contribution in [2.24, 2.45) is 0 Å². The van der Waals surface area contributed by atoms with Gasteiger partial charge in [-0.15, -0.1) is 0 Å². The Labute approximate surface area is 214 Å². The maximum absolute atomic E-state index is 13.6. The van der Waals surface area contributed by atoms with Crippen LogP contribution in [0.5, 0.6) is 0 Å². The van der Waals surface area contributed by atoms with Crippen LogP contribution in [0.4, 0.5) is 0 Å². The molecule has 0 spiro atoms. The molecule has 190 valence electrons. The van der Waals surface area contributed by atoms with Gasteiger partial charge in [-0.2, -0.15) is 0 Å². The van der Waals surface area contributed by atoms with Crippen LogP contribution in [0.1, 0.15) is 42.2 Å². The van der Waals surface area contributed by atoms with Gasteiger partial charge in [0.2, 0.25) is 11.8 Å². The van der Waals surface area contributed by atoms with Gasteiger partial charge in [-0.1, -0.05) is 43.7 Å². The Morgan fingerprint density at radius 2 is 1.92 bits per heavy atom. The fourth-order valence-corrected chi connectivity index (χ4v) is 5.34. The second kappa shape index (κ2) is 10.5. The van der Waals surface area contributed by atoms with Crippen molar-refractivity contribution in [3.05, 3.63) is 72.2 Å². The number of rotatable bonds is 7. The molecule has 0 aliphatic carbocycles. The van der Waals surface area contributed by atoms with Crippen LogP contribution >= 0.6 is 0 Å². The summed E-state index contributed by atoms with van der Waals surface area (Å²) in [5.74, 6) is -1.02. The molecule has 0 bridgehead atoms. The van der Waals surface area contributed by atoms with E-state index in [4.69, 9.17) is 0 Å². The lowest BCUT2D eigenvalue weighted by atomic mass is 10.1. The highest BCUT2D eigenvalue weighted by Crippen LogP contribution is 2.31. The quantitative estimate of drug-likeness (QED) is 0.533. The summed E-state index contributed by atoms with van der Waals surface area (Å²) >= 11 is 0. The molecule has 5 rings (SSSR count). The molecule has 0 radical (unpaired) electrons. The van der Waals surface area contributed by atoms with Gasteiger partial charge < -0.3 is 15.1 Å². The SMILES string of the molecule is CCCC(NC(=O)c1ccc2ccccc2n1)C(=O)N1CCC2C1C(=O)CN2C(=O)Cc1cccnc1. The molecule has 1 N–H and O–H groups in total. The summed E-state index contributed by atoms with van der Waals surface area (Å²) in [5.41, 5.74) is 1.71. The number of carbonyl (C=O) groups is 4. The topological polar surface area (TPSA) is 113 Å². The van der Waals surface area contributed by atoms with E-state index < -0.39 is 18.0 Å². The molecule has 2 aliphatic heterocycles. The first-order valence-corrected chi connectivity index (χ1v) is 12.6. The first-order valence-electron chi connectivity index (χ1n) is 12.6. The summed E-state index contributed by atoms with van der Waals surface area (Å²) in [6.07, 6.45) is 5.08. The number of fused-ring (bicyclic) bond motifs is 2. The minimum Gasteiger partial charge on any atom is -0.339 e. The standard InChI is InChI=1S/C28H29N5O4/c1-2-6-22(31-27(36)21-11-10-19-8-3-4-9-20(19)30-21)28(37)32-14-12-23-26(32)24(34)17-33(23)25(35)15-18-7-5-13-29-16-18/h3-5,7-11,13,16,22-23,26H,2,6,12,14-15,17H2,1H3,(H,31,36). The molecule has 2 aliphatic rings. The van der Waals surface area contributed by atoms with Gasteiger partial charge in [0.15, 0.2) is 5.78 Å². The molecule has 2 aromatic heterocycles. The minimum absolute atomic E-state index is 0.00990. The van der Waals surface area contributed by atoms with Gasteiger partial charge in [0.1, 0.15) is 17.8 Å². The summed E-state index contributed by atoms with van der Waals surface area (Å²) < 4.78 is 0. The van der Waals surface area contributed by atoms with Gasteiger partial charge in [-0.25, -0.2) is 4.98 Å². The molecule has 3 amide bonds. The monoisotopic (exact) mass is 499 g/mol. The number of para-hydroxylation sites is 1. The van der Waals surface area contributed by atoms with Crippen LogP contribution in [0.3, 0.4) is 0 Å². The smallest absolute Gasteiger partial charge is 0.270 e. The Balaban J connectivity index is 1.29. The van der Waals surface area contributed by atoms with E-state index in [1.54, 1.807) is 34.3 Å². The number of nitrogens with zero attached hydrogens (tertiary/aromatic N) is 4. The summed E-state index contributed by atoms with van der Waals surface area (Å²) in [4.78, 5) is 64.2. The van der Waals surface area contributed by atoms with Crippen LogP contribution in [-0.2, 0) is 20.8 Å². The van der Waals surface area contributed by atoms with Gasteiger partial charge >= 0.3 is 0 Å². The fraction of sp³-hybridized carbons (Fsp3) is 0.357. The Hall–Kier alpha value is -4.14. The Kier molecular flexibility index (Phi) is 6.94. The zero-order chi connectivity index (χ0) is 25.9. The van der Waals surface area contributed by atoms with Gasteiger partial charge in [-0.05, 0) is 36.6 Å². The third-order valence-electron chi connectivity index (χ3n) is 7.12. The molecule has 2 saturated heterocycles. The summed E-state index contributed by atoms with van der Waals surface area (Å²) in [7, 11) is 0. The highest BCUT2D eigenvalue weighted by atomic mass is 16.2. The van der Waals surface area contributed by atoms with Crippen LogP contribution < -0.4 is 5.32 Å². The molecular weight excluding hydrogens is 470 g/mol. The second-order valence-corrected chi connectivity index (χ2v) is 9.56. The van der Waals surface area contributed by atoms with E-state index in [1.807, 2.05) is 43.3 Å². The van der Waals surface area contributed by atoms with Gasteiger partial charge in [0, 0.05) is 24.3 Å². The highest BCUT2D eigenvalue weighted by Gasteiger charge is 2.52. The predicted molar refractivity (Wildman–Crippen MR) is 136 cm³/mol. The van der Waals surface area contributed by atoms with Crippen molar-refractivity contribution < 1.29 is 19.2 Å². The van der Waals surface area contributed by atoms with E-state index in [0.717, 1.165) is 10.9 Å². The lowest BCUT2D eigenvalue weighted by Gasteiger charge is -2.28. The molecule has 2 fully saturated rings. The van der Waals surface area contributed by atoms with Crippen molar-refractivity contribution in [3.8, 4) is 0 Å². The van der Waals surface area contributed by atoms with Crippen LogP contribution in [0, 0.1) is 0 Å². The second-order valence-electron chi connectivity index (χ2n) is 9.56. The molecule has 9 heteroatoms. The maximum Gasteiger partial charge on any atom is 0.270 e. The molecule has 4 heterocycles. The van der Waals surface area contributed by atoms with E-state index in [0.29, 0.717) is 31.3 Å². The minimum atomic E-state index is -0.780. The number of likely N-dealkylation sites (tertiary alicyclic amines) is 2. The number of pyridine rings is 2. The van der Waals surface area contributed by atoms with E-state index in [9.17, 15) is 19.2 Å². The predicted octanol–water partition coefficient (Wildman–Crippen LogP) is 2.15. The number of amides is 3. The van der Waals surface area contributed by atoms with Crippen molar-refractivity contribution in [3.63, 3.8) is 0 Å². The molecule has 0 saturated carbocycles. The molecular formula is C28H29N5O4. The van der Waals surface area contributed by atoms with E-state index in [2.05, 4.69) is 15.3 Å². The zero-order valence-electron chi connectivity index (χ0n) is 20.7. The number of carbonyl (C=O) groups excluding carboxylic acids is 4. The van der Waals surface area contributed by atoms with Gasteiger partial charge in [-0.3, -0.25) is 24.2 Å². The fourth-order valence-electron chi connectivity index (χ4n) is 5.34. The van der Waals surface area contributed by atoms with Crippen molar-refractivity contribution in [2.45, 2.75) is 50.7 Å². The number of nitrogens with one attached hydrogen (secondary N) is 1. The summed E-state index contributed by atoms with van der Waals surface area (Å²) in [6, 6.07) is 12.8. The Bertz CT molecular complexity index is 1340. The number of hydrogen-bond donors (Lipinski definition) is 1. The van der Waals surface area contributed by atoms with Crippen LogP contribution in [0.25, 0.3) is 10.9 Å². The largest absolute Gasteiger partial charge is 0.339 e. The van der Waals surface area contributed by atoms with Crippen LogP contribution in [0.15, 0.2) is 60.9 Å². The van der Waals surface area contributed by atoms with E-state index in [1.165, 1.54) is 0 Å². The first-order chi connectivity index (χ1) is 18.0. The van der Waals surface area contributed by atoms with E-state index >= 15 is 0 Å². The molecule has 1 aromatic carbocycles. The molecule has 3 unspecified atom stereocenters. The zero-order valence-corrected chi connectivity index (χ0v) is 20.7. The Morgan fingerprint density at radius 3 is 2.70 bits per heavy atom. The van der Waals surface area contributed by atoms with Gasteiger partial charge in [0.25, 0.3) is 5.91 Å². The number of ketones is 1. The third-order valence-corrected chi connectivity index (χ3v) is 7.12. The van der Waals surface area contributed by atoms with Crippen molar-refractivity contribution in [2.75, 3.05) is 13.1 Å². The molecule has 3 atom stereocenters. The van der Waals surface area contributed by atoms with Crippen molar-refractivity contribution in [1.82, 2.24) is 25.1 Å². The first kappa shape index (κ1) is 24.5. The normalized spacial score (nSPS) is 19.6. The lowest BCUT2D eigenvalue weighted by molar-refractivity contribution is -0.138. The third kappa shape index (κ3) is 4.94. The van der Waals surface area contributed by atoms with Gasteiger partial charge in [0.05, 0.1) is 24.5 Å². The highest BCUT2D eigenvalue weighted by molar-refractivity contribution is 6.01. The molecule has 9 nitrogen and oxygen atoms in total. The Morgan fingerprint density at radius 1 is 1.08 bits per heavy atom. The molecule has 3 aromatic rings. The number of Topliss-reactive ketones (excluding diaryl/α,β-unsaturated/α-hetero) is 1. The average Bonchev–Trinajstić information content (AvgIpc) is 3.49. The van der Waals surface area contributed by atoms with E-state index in [-0.39, 0.29) is 42.3 Å². The summed E-state index contributed by atoms with van der Waals surface area (Å²) in [6.45, 7) is 2.29.